The Labute approximate surface area is 142 Å². The second-order valence-corrected chi connectivity index (χ2v) is 6.68. The highest BCUT2D eigenvalue weighted by Gasteiger charge is 2.31. The Kier molecular flexibility index (Phi) is 8.99. The zero-order chi connectivity index (χ0) is 17.1. The second kappa shape index (κ2) is 10.5. The summed E-state index contributed by atoms with van der Waals surface area (Å²) in [7, 11) is 0. The number of aliphatic hydroxyl groups is 2. The maximum atomic E-state index is 10.3. The third kappa shape index (κ3) is 7.68. The van der Waals surface area contributed by atoms with E-state index < -0.39 is 5.60 Å². The van der Waals surface area contributed by atoms with Crippen LogP contribution < -0.4 is 0 Å². The van der Waals surface area contributed by atoms with Gasteiger partial charge in [-0.3, -0.25) is 0 Å². The topological polar surface area (TPSA) is 40.5 Å². The Morgan fingerprint density at radius 2 is 1.96 bits per heavy atom. The molecule has 2 nitrogen and oxygen atoms in total. The van der Waals surface area contributed by atoms with Crippen LogP contribution in [0.25, 0.3) is 0 Å². The minimum Gasteiger partial charge on any atom is -0.386 e. The van der Waals surface area contributed by atoms with Gasteiger partial charge >= 0.3 is 0 Å². The van der Waals surface area contributed by atoms with Crippen molar-refractivity contribution < 1.29 is 10.2 Å². The van der Waals surface area contributed by atoms with Crippen LogP contribution >= 0.6 is 0 Å². The summed E-state index contributed by atoms with van der Waals surface area (Å²) >= 11 is 0. The van der Waals surface area contributed by atoms with Crippen molar-refractivity contribution in [3.05, 3.63) is 34.9 Å². The standard InChI is InChI=1S/C21H32O2/c1-18(13-9-6-7-11-17-22)12-8-4-5-10-14-20-19(2)15-16-21(20,3)23/h4-5,13,22-23H,6,8-10,12,14-17H2,1-3H3. The molecule has 0 fully saturated rings. The molecule has 1 rings (SSSR count). The van der Waals surface area contributed by atoms with Crippen molar-refractivity contribution in [2.75, 3.05) is 6.61 Å². The van der Waals surface area contributed by atoms with Gasteiger partial charge in [0.05, 0.1) is 5.60 Å². The van der Waals surface area contributed by atoms with E-state index in [1.807, 2.05) is 6.92 Å². The molecule has 1 aliphatic carbocycles. The molecule has 0 radical (unpaired) electrons. The lowest BCUT2D eigenvalue weighted by Crippen LogP contribution is -2.22. The average Bonchev–Trinajstić information content (AvgIpc) is 2.76. The fraction of sp³-hybridized carbons (Fsp3) is 0.619. The summed E-state index contributed by atoms with van der Waals surface area (Å²) in [6.45, 7) is 6.22. The molecular weight excluding hydrogens is 284 g/mol. The van der Waals surface area contributed by atoms with Gasteiger partial charge < -0.3 is 10.2 Å². The lowest BCUT2D eigenvalue weighted by Gasteiger charge is -2.21. The van der Waals surface area contributed by atoms with E-state index >= 15 is 0 Å². The summed E-state index contributed by atoms with van der Waals surface area (Å²) in [4.78, 5) is 0. The number of allylic oxidation sites excluding steroid dienone is 5. The normalized spacial score (nSPS) is 21.9. The van der Waals surface area contributed by atoms with Gasteiger partial charge in [-0.2, -0.15) is 0 Å². The van der Waals surface area contributed by atoms with Gasteiger partial charge in [0.1, 0.15) is 6.61 Å². The van der Waals surface area contributed by atoms with Crippen LogP contribution in [0.15, 0.2) is 34.9 Å². The van der Waals surface area contributed by atoms with Crippen LogP contribution in [0.5, 0.6) is 0 Å². The van der Waals surface area contributed by atoms with E-state index in [0.29, 0.717) is 0 Å². The van der Waals surface area contributed by atoms with Crippen LogP contribution in [0, 0.1) is 11.8 Å². The molecule has 23 heavy (non-hydrogen) atoms. The van der Waals surface area contributed by atoms with Gasteiger partial charge in [-0.25, -0.2) is 0 Å². The molecular formula is C21H32O2. The molecule has 0 spiro atoms. The maximum absolute atomic E-state index is 10.3. The molecule has 0 aliphatic heterocycles. The van der Waals surface area contributed by atoms with E-state index in [4.69, 9.17) is 5.11 Å². The first-order valence-electron chi connectivity index (χ1n) is 8.76. The van der Waals surface area contributed by atoms with Gasteiger partial charge in [-0.15, -0.1) is 5.92 Å². The van der Waals surface area contributed by atoms with Crippen molar-refractivity contribution in [2.24, 2.45) is 0 Å². The molecule has 0 aromatic rings. The lowest BCUT2D eigenvalue weighted by atomic mass is 9.93. The van der Waals surface area contributed by atoms with E-state index in [1.54, 1.807) is 0 Å². The molecule has 128 valence electrons. The fourth-order valence-electron chi connectivity index (χ4n) is 3.09. The number of hydrogen-bond acceptors (Lipinski definition) is 2. The summed E-state index contributed by atoms with van der Waals surface area (Å²) in [6.07, 6.45) is 14.6. The summed E-state index contributed by atoms with van der Waals surface area (Å²) in [5.41, 5.74) is 3.46. The van der Waals surface area contributed by atoms with Crippen molar-refractivity contribution in [3.63, 3.8) is 0 Å². The van der Waals surface area contributed by atoms with E-state index in [-0.39, 0.29) is 6.61 Å². The van der Waals surface area contributed by atoms with Crippen LogP contribution in [0.1, 0.15) is 72.1 Å². The minimum atomic E-state index is -0.573. The minimum absolute atomic E-state index is 0.0423. The molecule has 1 unspecified atom stereocenters. The second-order valence-electron chi connectivity index (χ2n) is 6.68. The highest BCUT2D eigenvalue weighted by Crippen LogP contribution is 2.37. The zero-order valence-corrected chi connectivity index (χ0v) is 15.0. The Bertz CT molecular complexity index is 510. The van der Waals surface area contributed by atoms with Crippen LogP contribution in [-0.2, 0) is 0 Å². The number of unbranched alkanes of at least 4 members (excludes halogenated alkanes) is 1. The third-order valence-electron chi connectivity index (χ3n) is 4.55. The smallest absolute Gasteiger partial charge is 0.104 e. The van der Waals surface area contributed by atoms with Gasteiger partial charge in [-0.05, 0) is 71.3 Å². The quantitative estimate of drug-likeness (QED) is 0.387. The monoisotopic (exact) mass is 316 g/mol. The Morgan fingerprint density at radius 3 is 2.61 bits per heavy atom. The van der Waals surface area contributed by atoms with Crippen LogP contribution in [0.4, 0.5) is 0 Å². The van der Waals surface area contributed by atoms with Crippen LogP contribution in [0.2, 0.25) is 0 Å². The first kappa shape index (κ1) is 19.7. The van der Waals surface area contributed by atoms with E-state index in [0.717, 1.165) is 51.4 Å². The lowest BCUT2D eigenvalue weighted by molar-refractivity contribution is 0.0965. The number of aliphatic hydroxyl groups excluding tert-OH is 1. The summed E-state index contributed by atoms with van der Waals surface area (Å²) in [5, 5.41) is 18.9. The predicted octanol–water partition coefficient (Wildman–Crippen LogP) is 4.69. The Morgan fingerprint density at radius 1 is 1.22 bits per heavy atom. The highest BCUT2D eigenvalue weighted by atomic mass is 16.3. The van der Waals surface area contributed by atoms with Crippen molar-refractivity contribution in [1.29, 1.82) is 0 Å². The molecule has 0 heterocycles. The van der Waals surface area contributed by atoms with E-state index in [1.165, 1.54) is 16.7 Å². The first-order valence-corrected chi connectivity index (χ1v) is 8.76. The van der Waals surface area contributed by atoms with Crippen molar-refractivity contribution in [3.8, 4) is 11.8 Å². The molecule has 0 aromatic carbocycles. The third-order valence-corrected chi connectivity index (χ3v) is 4.55. The molecule has 0 saturated carbocycles. The molecule has 0 amide bonds. The molecule has 2 N–H and O–H groups in total. The molecule has 2 heteroatoms. The first-order chi connectivity index (χ1) is 11.0. The zero-order valence-electron chi connectivity index (χ0n) is 15.0. The molecule has 0 aromatic heterocycles. The Hall–Kier alpha value is -1.30. The van der Waals surface area contributed by atoms with Gasteiger partial charge in [0, 0.05) is 6.42 Å². The highest BCUT2D eigenvalue weighted by molar-refractivity contribution is 5.28. The van der Waals surface area contributed by atoms with Crippen LogP contribution in [0.3, 0.4) is 0 Å². The largest absolute Gasteiger partial charge is 0.386 e. The average molecular weight is 316 g/mol. The SMILES string of the molecule is CC(=CCCC#CCO)CCC=CCCC1=C(C)CCC1(C)O. The van der Waals surface area contributed by atoms with Gasteiger partial charge in [0.2, 0.25) is 0 Å². The fourth-order valence-corrected chi connectivity index (χ4v) is 3.09. The number of hydrogen-bond donors (Lipinski definition) is 2. The van der Waals surface area contributed by atoms with Crippen molar-refractivity contribution in [1.82, 2.24) is 0 Å². The molecule has 1 aliphatic rings. The van der Waals surface area contributed by atoms with Crippen molar-refractivity contribution >= 4 is 0 Å². The van der Waals surface area contributed by atoms with E-state index in [2.05, 4.69) is 43.9 Å². The van der Waals surface area contributed by atoms with Gasteiger partial charge in [-0.1, -0.05) is 35.3 Å². The van der Waals surface area contributed by atoms with Crippen LogP contribution in [-0.4, -0.2) is 22.4 Å². The predicted molar refractivity (Wildman–Crippen MR) is 98.0 cm³/mol. The number of rotatable bonds is 8. The molecule has 1 atom stereocenters. The summed E-state index contributed by atoms with van der Waals surface area (Å²) in [5.74, 6) is 5.59. The van der Waals surface area contributed by atoms with Gasteiger partial charge in [0.25, 0.3) is 0 Å². The maximum Gasteiger partial charge on any atom is 0.104 e. The Balaban J connectivity index is 2.20. The molecule has 0 bridgehead atoms. The molecule has 0 saturated heterocycles. The summed E-state index contributed by atoms with van der Waals surface area (Å²) < 4.78 is 0. The van der Waals surface area contributed by atoms with Gasteiger partial charge in [0.15, 0.2) is 0 Å². The van der Waals surface area contributed by atoms with Crippen molar-refractivity contribution in [2.45, 2.75) is 77.7 Å². The summed E-state index contributed by atoms with van der Waals surface area (Å²) in [6, 6.07) is 0. The van der Waals surface area contributed by atoms with E-state index in [9.17, 15) is 5.11 Å².